The maximum Gasteiger partial charge on any atom is 0.222 e. The van der Waals surface area contributed by atoms with Gasteiger partial charge in [0, 0.05) is 32.6 Å². The first-order valence-electron chi connectivity index (χ1n) is 9.30. The average Bonchev–Trinajstić information content (AvgIpc) is 3.03. The Labute approximate surface area is 178 Å². The van der Waals surface area contributed by atoms with Crippen LogP contribution in [0.1, 0.15) is 33.1 Å². The molecule has 1 aliphatic heterocycles. The third kappa shape index (κ3) is 8.77. The summed E-state index contributed by atoms with van der Waals surface area (Å²) in [7, 11) is 0. The number of aliphatic imine (C=N–C) groups is 1. The highest BCUT2D eigenvalue weighted by atomic mass is 127. The lowest BCUT2D eigenvalue weighted by Gasteiger charge is -2.17. The van der Waals surface area contributed by atoms with Crippen LogP contribution in [0.5, 0.6) is 5.75 Å². The van der Waals surface area contributed by atoms with Gasteiger partial charge in [-0.05, 0) is 51.0 Å². The Morgan fingerprint density at radius 1 is 1.33 bits per heavy atom. The minimum atomic E-state index is -0.280. The van der Waals surface area contributed by atoms with Gasteiger partial charge in [0.25, 0.3) is 0 Å². The molecule has 2 rings (SSSR count). The van der Waals surface area contributed by atoms with E-state index in [4.69, 9.17) is 4.74 Å². The average molecular weight is 492 g/mol. The standard InChI is InChI=1S/C19H29FN4O2.HI/c1-3-21-19(22-11-5-13-24-12-4-6-18(24)25)23-14-15(2)26-17-9-7-16(20)8-10-17;/h7-10,15H,3-6,11-14H2,1-2H3,(H2,21,22,23);1H. The molecule has 0 bridgehead atoms. The van der Waals surface area contributed by atoms with Crippen molar-refractivity contribution in [2.45, 2.75) is 39.2 Å². The summed E-state index contributed by atoms with van der Waals surface area (Å²) in [5.41, 5.74) is 0. The van der Waals surface area contributed by atoms with Gasteiger partial charge in [0.2, 0.25) is 5.91 Å². The smallest absolute Gasteiger partial charge is 0.222 e. The Kier molecular flexibility index (Phi) is 11.1. The van der Waals surface area contributed by atoms with Crippen molar-refractivity contribution in [3.05, 3.63) is 30.1 Å². The first-order chi connectivity index (χ1) is 12.6. The molecule has 0 aliphatic carbocycles. The van der Waals surface area contributed by atoms with Crippen molar-refractivity contribution < 1.29 is 13.9 Å². The molecule has 1 amide bonds. The monoisotopic (exact) mass is 492 g/mol. The molecular formula is C19H30FIN4O2. The van der Waals surface area contributed by atoms with Crippen LogP contribution in [0.4, 0.5) is 4.39 Å². The fraction of sp³-hybridized carbons (Fsp3) is 0.579. The van der Waals surface area contributed by atoms with Crippen LogP contribution in [-0.2, 0) is 4.79 Å². The summed E-state index contributed by atoms with van der Waals surface area (Å²) >= 11 is 0. The summed E-state index contributed by atoms with van der Waals surface area (Å²) in [5, 5.41) is 6.48. The lowest BCUT2D eigenvalue weighted by Crippen LogP contribution is -2.39. The van der Waals surface area contributed by atoms with Crippen LogP contribution >= 0.6 is 24.0 Å². The fourth-order valence-electron chi connectivity index (χ4n) is 2.76. The van der Waals surface area contributed by atoms with Gasteiger partial charge >= 0.3 is 0 Å². The maximum atomic E-state index is 12.9. The van der Waals surface area contributed by atoms with Crippen molar-refractivity contribution >= 4 is 35.8 Å². The molecule has 0 spiro atoms. The number of hydrogen-bond acceptors (Lipinski definition) is 3. The summed E-state index contributed by atoms with van der Waals surface area (Å²) in [5.74, 6) is 1.34. The zero-order chi connectivity index (χ0) is 18.8. The van der Waals surface area contributed by atoms with Gasteiger partial charge < -0.3 is 20.3 Å². The van der Waals surface area contributed by atoms with Crippen LogP contribution in [0.3, 0.4) is 0 Å². The largest absolute Gasteiger partial charge is 0.489 e. The van der Waals surface area contributed by atoms with Crippen molar-refractivity contribution in [3.63, 3.8) is 0 Å². The number of carbonyl (C=O) groups is 1. The topological polar surface area (TPSA) is 66.0 Å². The summed E-state index contributed by atoms with van der Waals surface area (Å²) in [6.45, 7) is 7.61. The van der Waals surface area contributed by atoms with Crippen molar-refractivity contribution in [2.24, 2.45) is 4.99 Å². The van der Waals surface area contributed by atoms with E-state index in [2.05, 4.69) is 15.6 Å². The second kappa shape index (κ2) is 12.7. The molecule has 8 heteroatoms. The highest BCUT2D eigenvalue weighted by Crippen LogP contribution is 2.13. The van der Waals surface area contributed by atoms with Gasteiger partial charge in [0.15, 0.2) is 5.96 Å². The summed E-state index contributed by atoms with van der Waals surface area (Å²) in [6.07, 6.45) is 2.42. The van der Waals surface area contributed by atoms with Gasteiger partial charge in [-0.1, -0.05) is 0 Å². The number of guanidine groups is 1. The summed E-state index contributed by atoms with van der Waals surface area (Å²) in [4.78, 5) is 18.0. The van der Waals surface area contributed by atoms with Crippen molar-refractivity contribution in [3.8, 4) is 5.75 Å². The highest BCUT2D eigenvalue weighted by molar-refractivity contribution is 14.0. The Balaban J connectivity index is 0.00000364. The number of halogens is 2. The number of ether oxygens (including phenoxy) is 1. The minimum absolute atomic E-state index is 0. The minimum Gasteiger partial charge on any atom is -0.489 e. The van der Waals surface area contributed by atoms with Gasteiger partial charge in [-0.2, -0.15) is 0 Å². The highest BCUT2D eigenvalue weighted by Gasteiger charge is 2.18. The lowest BCUT2D eigenvalue weighted by atomic mass is 10.3. The Morgan fingerprint density at radius 3 is 2.70 bits per heavy atom. The van der Waals surface area contributed by atoms with Crippen molar-refractivity contribution in [2.75, 3.05) is 32.7 Å². The quantitative estimate of drug-likeness (QED) is 0.241. The van der Waals surface area contributed by atoms with E-state index in [0.717, 1.165) is 45.0 Å². The molecule has 1 aromatic rings. The normalized spacial score (nSPS) is 15.3. The van der Waals surface area contributed by atoms with Gasteiger partial charge in [0.1, 0.15) is 17.7 Å². The van der Waals surface area contributed by atoms with E-state index in [1.807, 2.05) is 18.7 Å². The van der Waals surface area contributed by atoms with Gasteiger partial charge in [-0.3, -0.25) is 4.79 Å². The van der Waals surface area contributed by atoms with Crippen molar-refractivity contribution in [1.29, 1.82) is 0 Å². The lowest BCUT2D eigenvalue weighted by molar-refractivity contribution is -0.127. The van der Waals surface area contributed by atoms with E-state index in [-0.39, 0.29) is 41.8 Å². The van der Waals surface area contributed by atoms with Gasteiger partial charge in [-0.15, -0.1) is 24.0 Å². The summed E-state index contributed by atoms with van der Waals surface area (Å²) in [6, 6.07) is 5.97. The van der Waals surface area contributed by atoms with E-state index < -0.39 is 0 Å². The molecule has 1 aromatic carbocycles. The third-order valence-electron chi connectivity index (χ3n) is 4.07. The molecule has 1 heterocycles. The SMILES string of the molecule is CCNC(=NCC(C)Oc1ccc(F)cc1)NCCCN1CCCC1=O.I. The molecule has 6 nitrogen and oxygen atoms in total. The Hall–Kier alpha value is -1.58. The number of amides is 1. The van der Waals surface area contributed by atoms with Crippen LogP contribution in [0.15, 0.2) is 29.3 Å². The number of likely N-dealkylation sites (tertiary alicyclic amines) is 1. The van der Waals surface area contributed by atoms with E-state index in [0.29, 0.717) is 18.7 Å². The number of nitrogens with zero attached hydrogens (tertiary/aromatic N) is 2. The number of hydrogen-bond donors (Lipinski definition) is 2. The molecule has 1 atom stereocenters. The van der Waals surface area contributed by atoms with Crippen LogP contribution < -0.4 is 15.4 Å². The molecule has 1 aliphatic rings. The molecule has 0 aromatic heterocycles. The Morgan fingerprint density at radius 2 is 2.07 bits per heavy atom. The molecule has 152 valence electrons. The number of rotatable bonds is 9. The predicted octanol–water partition coefficient (Wildman–Crippen LogP) is 2.78. The first kappa shape index (κ1) is 23.5. The number of nitrogens with one attached hydrogen (secondary N) is 2. The predicted molar refractivity (Wildman–Crippen MR) is 116 cm³/mol. The number of carbonyl (C=O) groups excluding carboxylic acids is 1. The van der Waals surface area contributed by atoms with E-state index in [9.17, 15) is 9.18 Å². The Bertz CT molecular complexity index is 598. The molecule has 2 N–H and O–H groups in total. The van der Waals surface area contributed by atoms with Crippen molar-refractivity contribution in [1.82, 2.24) is 15.5 Å². The zero-order valence-electron chi connectivity index (χ0n) is 16.0. The molecular weight excluding hydrogens is 462 g/mol. The van der Waals surface area contributed by atoms with Crippen LogP contribution in [-0.4, -0.2) is 55.6 Å². The second-order valence-electron chi connectivity index (χ2n) is 6.37. The fourth-order valence-corrected chi connectivity index (χ4v) is 2.76. The molecule has 1 saturated heterocycles. The van der Waals surface area contributed by atoms with Gasteiger partial charge in [-0.25, -0.2) is 9.38 Å². The molecule has 0 radical (unpaired) electrons. The van der Waals surface area contributed by atoms with E-state index >= 15 is 0 Å². The summed E-state index contributed by atoms with van der Waals surface area (Å²) < 4.78 is 18.6. The van der Waals surface area contributed by atoms with Crippen LogP contribution in [0.2, 0.25) is 0 Å². The molecule has 1 fully saturated rings. The zero-order valence-corrected chi connectivity index (χ0v) is 18.4. The van der Waals surface area contributed by atoms with Crippen LogP contribution in [0, 0.1) is 5.82 Å². The number of benzene rings is 1. The van der Waals surface area contributed by atoms with E-state index in [1.54, 1.807) is 12.1 Å². The molecule has 1 unspecified atom stereocenters. The second-order valence-corrected chi connectivity index (χ2v) is 6.37. The molecule has 27 heavy (non-hydrogen) atoms. The maximum absolute atomic E-state index is 12.9. The van der Waals surface area contributed by atoms with Crippen LogP contribution in [0.25, 0.3) is 0 Å². The third-order valence-corrected chi connectivity index (χ3v) is 4.07. The van der Waals surface area contributed by atoms with E-state index in [1.165, 1.54) is 12.1 Å². The first-order valence-corrected chi connectivity index (χ1v) is 9.30. The molecule has 0 saturated carbocycles. The van der Waals surface area contributed by atoms with Gasteiger partial charge in [0.05, 0.1) is 6.54 Å².